The Labute approximate surface area is 141 Å². The standard InChI is InChI=1S/C19H22FNO3/c20-18-9-5-4-8-17(18)19-13-21(10-11-23-19)12-15(22)14-24-16-6-2-1-3-7-16/h1-9,15,19,22H,10-14H2. The summed E-state index contributed by atoms with van der Waals surface area (Å²) in [6.07, 6.45) is -0.910. The van der Waals surface area contributed by atoms with Gasteiger partial charge in [-0.25, -0.2) is 4.39 Å². The number of halogens is 1. The van der Waals surface area contributed by atoms with Gasteiger partial charge in [-0.15, -0.1) is 0 Å². The number of nitrogens with zero attached hydrogens (tertiary/aromatic N) is 1. The van der Waals surface area contributed by atoms with E-state index in [9.17, 15) is 9.50 Å². The van der Waals surface area contributed by atoms with Crippen LogP contribution in [-0.2, 0) is 4.74 Å². The molecule has 128 valence electrons. The Morgan fingerprint density at radius 2 is 1.92 bits per heavy atom. The summed E-state index contributed by atoms with van der Waals surface area (Å²) in [4.78, 5) is 2.08. The number of β-amino-alcohol motifs (C(OH)–C–C–N with tert-alkyl or cyclic N) is 1. The van der Waals surface area contributed by atoms with Crippen molar-refractivity contribution in [3.05, 3.63) is 66.0 Å². The summed E-state index contributed by atoms with van der Waals surface area (Å²) >= 11 is 0. The van der Waals surface area contributed by atoms with E-state index in [2.05, 4.69) is 4.90 Å². The van der Waals surface area contributed by atoms with Gasteiger partial charge in [-0.3, -0.25) is 4.90 Å². The van der Waals surface area contributed by atoms with Crippen molar-refractivity contribution in [3.63, 3.8) is 0 Å². The number of morpholine rings is 1. The molecule has 0 saturated carbocycles. The van der Waals surface area contributed by atoms with Gasteiger partial charge in [0, 0.05) is 25.2 Å². The Kier molecular flexibility index (Phi) is 5.80. The van der Waals surface area contributed by atoms with Crippen molar-refractivity contribution in [1.82, 2.24) is 4.90 Å². The van der Waals surface area contributed by atoms with Gasteiger partial charge in [-0.2, -0.15) is 0 Å². The second-order valence-electron chi connectivity index (χ2n) is 5.92. The van der Waals surface area contributed by atoms with E-state index in [1.54, 1.807) is 12.1 Å². The zero-order valence-corrected chi connectivity index (χ0v) is 13.5. The third kappa shape index (κ3) is 4.54. The molecule has 4 nitrogen and oxygen atoms in total. The number of aliphatic hydroxyl groups is 1. The van der Waals surface area contributed by atoms with E-state index < -0.39 is 6.10 Å². The summed E-state index contributed by atoms with van der Waals surface area (Å²) in [6, 6.07) is 16.1. The third-order valence-electron chi connectivity index (χ3n) is 4.06. The van der Waals surface area contributed by atoms with E-state index in [-0.39, 0.29) is 18.5 Å². The molecular formula is C19H22FNO3. The predicted molar refractivity (Wildman–Crippen MR) is 89.5 cm³/mol. The molecule has 0 aliphatic carbocycles. The molecule has 0 amide bonds. The summed E-state index contributed by atoms with van der Waals surface area (Å²) in [5.74, 6) is 0.486. The summed E-state index contributed by atoms with van der Waals surface area (Å²) in [7, 11) is 0. The Balaban J connectivity index is 1.51. The minimum Gasteiger partial charge on any atom is -0.491 e. The molecule has 1 heterocycles. The van der Waals surface area contributed by atoms with Gasteiger partial charge in [0.15, 0.2) is 0 Å². The average molecular weight is 331 g/mol. The van der Waals surface area contributed by atoms with E-state index in [4.69, 9.17) is 9.47 Å². The Bertz CT molecular complexity index is 638. The van der Waals surface area contributed by atoms with Crippen LogP contribution in [0, 0.1) is 5.82 Å². The maximum Gasteiger partial charge on any atom is 0.129 e. The molecular weight excluding hydrogens is 309 g/mol. The van der Waals surface area contributed by atoms with Crippen LogP contribution in [-0.4, -0.2) is 49.0 Å². The minimum atomic E-state index is -0.607. The van der Waals surface area contributed by atoms with Gasteiger partial charge in [0.25, 0.3) is 0 Å². The fourth-order valence-electron chi connectivity index (χ4n) is 2.85. The van der Waals surface area contributed by atoms with Gasteiger partial charge in [-0.05, 0) is 18.2 Å². The van der Waals surface area contributed by atoms with Gasteiger partial charge in [0.2, 0.25) is 0 Å². The van der Waals surface area contributed by atoms with Gasteiger partial charge in [0.05, 0.1) is 12.7 Å². The van der Waals surface area contributed by atoms with Crippen molar-refractivity contribution in [3.8, 4) is 5.75 Å². The van der Waals surface area contributed by atoms with E-state index >= 15 is 0 Å². The van der Waals surface area contributed by atoms with Crippen LogP contribution < -0.4 is 4.74 Å². The molecule has 0 bridgehead atoms. The number of ether oxygens (including phenoxy) is 2. The zero-order valence-electron chi connectivity index (χ0n) is 13.5. The zero-order chi connectivity index (χ0) is 16.8. The number of aliphatic hydroxyl groups excluding tert-OH is 1. The highest BCUT2D eigenvalue weighted by atomic mass is 19.1. The lowest BCUT2D eigenvalue weighted by Crippen LogP contribution is -2.43. The molecule has 3 rings (SSSR count). The van der Waals surface area contributed by atoms with Crippen LogP contribution in [0.1, 0.15) is 11.7 Å². The van der Waals surface area contributed by atoms with Crippen LogP contribution in [0.25, 0.3) is 0 Å². The first-order valence-electron chi connectivity index (χ1n) is 8.16. The molecule has 2 aromatic rings. The van der Waals surface area contributed by atoms with Crippen molar-refractivity contribution < 1.29 is 19.0 Å². The maximum absolute atomic E-state index is 13.9. The summed E-state index contributed by atoms with van der Waals surface area (Å²) < 4.78 is 25.2. The van der Waals surface area contributed by atoms with Crippen LogP contribution in [0.5, 0.6) is 5.75 Å². The number of hydrogen-bond donors (Lipinski definition) is 1. The van der Waals surface area contributed by atoms with Gasteiger partial charge in [-0.1, -0.05) is 36.4 Å². The molecule has 2 aromatic carbocycles. The maximum atomic E-state index is 13.9. The molecule has 2 atom stereocenters. The number of rotatable bonds is 6. The third-order valence-corrected chi connectivity index (χ3v) is 4.06. The van der Waals surface area contributed by atoms with E-state index in [1.165, 1.54) is 6.07 Å². The smallest absolute Gasteiger partial charge is 0.129 e. The Hall–Kier alpha value is -1.95. The highest BCUT2D eigenvalue weighted by Crippen LogP contribution is 2.24. The normalized spacial score (nSPS) is 19.8. The molecule has 0 radical (unpaired) electrons. The molecule has 1 fully saturated rings. The molecule has 1 N–H and O–H groups in total. The first kappa shape index (κ1) is 16.9. The topological polar surface area (TPSA) is 41.9 Å². The molecule has 2 unspecified atom stereocenters. The molecule has 5 heteroatoms. The first-order valence-corrected chi connectivity index (χ1v) is 8.16. The van der Waals surface area contributed by atoms with E-state index in [0.717, 1.165) is 5.75 Å². The lowest BCUT2D eigenvalue weighted by Gasteiger charge is -2.34. The Morgan fingerprint density at radius 1 is 1.17 bits per heavy atom. The van der Waals surface area contributed by atoms with Crippen LogP contribution in [0.2, 0.25) is 0 Å². The average Bonchev–Trinajstić information content (AvgIpc) is 2.61. The highest BCUT2D eigenvalue weighted by molar-refractivity contribution is 5.21. The second kappa shape index (κ2) is 8.24. The van der Waals surface area contributed by atoms with Crippen LogP contribution in [0.4, 0.5) is 4.39 Å². The van der Waals surface area contributed by atoms with Crippen molar-refractivity contribution in [2.75, 3.05) is 32.8 Å². The highest BCUT2D eigenvalue weighted by Gasteiger charge is 2.25. The van der Waals surface area contributed by atoms with Gasteiger partial charge >= 0.3 is 0 Å². The largest absolute Gasteiger partial charge is 0.491 e. The lowest BCUT2D eigenvalue weighted by molar-refractivity contribution is -0.0472. The number of hydrogen-bond acceptors (Lipinski definition) is 4. The summed E-state index contributed by atoms with van der Waals surface area (Å²) in [6.45, 7) is 2.49. The monoisotopic (exact) mass is 331 g/mol. The van der Waals surface area contributed by atoms with E-state index in [1.807, 2.05) is 36.4 Å². The van der Waals surface area contributed by atoms with E-state index in [0.29, 0.717) is 31.8 Å². The van der Waals surface area contributed by atoms with Crippen molar-refractivity contribution in [2.45, 2.75) is 12.2 Å². The van der Waals surface area contributed by atoms with Crippen LogP contribution in [0.3, 0.4) is 0 Å². The Morgan fingerprint density at radius 3 is 2.71 bits per heavy atom. The first-order chi connectivity index (χ1) is 11.7. The molecule has 24 heavy (non-hydrogen) atoms. The quantitative estimate of drug-likeness (QED) is 0.884. The molecule has 0 spiro atoms. The predicted octanol–water partition coefficient (Wildman–Crippen LogP) is 2.64. The molecule has 0 aromatic heterocycles. The number of benzene rings is 2. The summed E-state index contributed by atoms with van der Waals surface area (Å²) in [5.41, 5.74) is 0.567. The molecule has 1 aliphatic heterocycles. The van der Waals surface area contributed by atoms with Crippen LogP contribution in [0.15, 0.2) is 54.6 Å². The van der Waals surface area contributed by atoms with Gasteiger partial charge in [0.1, 0.15) is 24.3 Å². The summed E-state index contributed by atoms with van der Waals surface area (Å²) in [5, 5.41) is 10.2. The fraction of sp³-hybridized carbons (Fsp3) is 0.368. The minimum absolute atomic E-state index is 0.228. The van der Waals surface area contributed by atoms with Crippen molar-refractivity contribution >= 4 is 0 Å². The van der Waals surface area contributed by atoms with Crippen molar-refractivity contribution in [2.24, 2.45) is 0 Å². The molecule has 1 saturated heterocycles. The van der Waals surface area contributed by atoms with Crippen molar-refractivity contribution in [1.29, 1.82) is 0 Å². The second-order valence-corrected chi connectivity index (χ2v) is 5.92. The van der Waals surface area contributed by atoms with Crippen LogP contribution >= 0.6 is 0 Å². The molecule has 1 aliphatic rings. The number of para-hydroxylation sites is 1. The van der Waals surface area contributed by atoms with Gasteiger partial charge < -0.3 is 14.6 Å². The SMILES string of the molecule is OC(COc1ccccc1)CN1CCOC(c2ccccc2F)C1. The fourth-order valence-corrected chi connectivity index (χ4v) is 2.85. The lowest BCUT2D eigenvalue weighted by atomic mass is 10.1.